The molecule has 162 valence electrons. The number of carbonyl (C=O) groups excluding carboxylic acids is 1. The zero-order valence-electron chi connectivity index (χ0n) is 18.0. The molecule has 0 spiro atoms. The van der Waals surface area contributed by atoms with E-state index in [1.807, 2.05) is 91.9 Å². The highest BCUT2D eigenvalue weighted by molar-refractivity contribution is 8.18. The van der Waals surface area contributed by atoms with Gasteiger partial charge >= 0.3 is 0 Å². The maximum absolute atomic E-state index is 13.4. The van der Waals surface area contributed by atoms with E-state index >= 15 is 0 Å². The molecule has 1 aliphatic rings. The molecule has 0 atom stereocenters. The first-order valence-electron chi connectivity index (χ1n) is 10.4. The molecule has 0 radical (unpaired) electrons. The van der Waals surface area contributed by atoms with Crippen LogP contribution in [-0.4, -0.2) is 29.7 Å². The minimum Gasteiger partial charge on any atom is -0.493 e. The van der Waals surface area contributed by atoms with Crippen LogP contribution < -0.4 is 9.47 Å². The van der Waals surface area contributed by atoms with Gasteiger partial charge in [0.2, 0.25) is 0 Å². The first-order chi connectivity index (χ1) is 15.7. The molecule has 1 aliphatic heterocycles. The Bertz CT molecular complexity index is 1140. The lowest BCUT2D eigenvalue weighted by Gasteiger charge is -2.15. The van der Waals surface area contributed by atoms with E-state index in [9.17, 15) is 4.79 Å². The molecule has 0 unspecified atom stereocenters. The molecule has 0 bridgehead atoms. The highest BCUT2D eigenvalue weighted by atomic mass is 32.2. The number of thioether (sulfide) groups is 1. The van der Waals surface area contributed by atoms with Crippen molar-refractivity contribution in [3.8, 4) is 11.5 Å². The largest absolute Gasteiger partial charge is 0.493 e. The number of aliphatic imine (C=N–C) groups is 1. The van der Waals surface area contributed by atoms with Crippen LogP contribution in [0.5, 0.6) is 11.5 Å². The number of benzene rings is 3. The first kappa shape index (κ1) is 21.7. The Kier molecular flexibility index (Phi) is 6.92. The zero-order valence-corrected chi connectivity index (χ0v) is 18.8. The quantitative estimate of drug-likeness (QED) is 0.426. The number of methoxy groups -OCH3 is 1. The topological polar surface area (TPSA) is 51.1 Å². The molecule has 4 rings (SSSR count). The van der Waals surface area contributed by atoms with Crippen molar-refractivity contribution in [2.45, 2.75) is 13.5 Å². The predicted octanol–water partition coefficient (Wildman–Crippen LogP) is 5.90. The number of rotatable bonds is 7. The highest BCUT2D eigenvalue weighted by Crippen LogP contribution is 2.38. The van der Waals surface area contributed by atoms with Gasteiger partial charge in [-0.15, -0.1) is 0 Å². The number of nitrogens with zero attached hydrogens (tertiary/aromatic N) is 2. The molecule has 0 aromatic heterocycles. The lowest BCUT2D eigenvalue weighted by Crippen LogP contribution is -2.28. The molecule has 1 heterocycles. The molecule has 3 aromatic carbocycles. The van der Waals surface area contributed by atoms with Crippen LogP contribution in [0.1, 0.15) is 18.1 Å². The van der Waals surface area contributed by atoms with E-state index in [-0.39, 0.29) is 5.91 Å². The van der Waals surface area contributed by atoms with E-state index < -0.39 is 0 Å². The lowest BCUT2D eigenvalue weighted by molar-refractivity contribution is -0.122. The number of hydrogen-bond acceptors (Lipinski definition) is 5. The van der Waals surface area contributed by atoms with Crippen molar-refractivity contribution in [2.75, 3.05) is 13.7 Å². The summed E-state index contributed by atoms with van der Waals surface area (Å²) in [6.07, 6.45) is 1.85. The van der Waals surface area contributed by atoms with Gasteiger partial charge in [0.05, 0.1) is 30.9 Å². The molecular weight excluding hydrogens is 420 g/mol. The standard InChI is InChI=1S/C26H24N2O3S/c1-3-31-24-20(13-10-16-22(24)30-2)17-23-25(29)28(18-19-11-6-4-7-12-19)26(32-23)27-21-14-8-5-9-15-21/h4-17H,3,18H2,1-2H3/b23-17+,27-26?. The molecule has 0 N–H and O–H groups in total. The van der Waals surface area contributed by atoms with Crippen LogP contribution in [0.4, 0.5) is 5.69 Å². The molecular formula is C26H24N2O3S. The fraction of sp³-hybridized carbons (Fsp3) is 0.154. The molecule has 5 nitrogen and oxygen atoms in total. The Labute approximate surface area is 192 Å². The van der Waals surface area contributed by atoms with Crippen molar-refractivity contribution >= 4 is 34.6 Å². The van der Waals surface area contributed by atoms with Gasteiger partial charge in [-0.2, -0.15) is 0 Å². The predicted molar refractivity (Wildman–Crippen MR) is 130 cm³/mol. The maximum Gasteiger partial charge on any atom is 0.267 e. The normalized spacial score (nSPS) is 16.1. The average Bonchev–Trinajstić information content (AvgIpc) is 3.10. The van der Waals surface area contributed by atoms with Crippen molar-refractivity contribution in [1.82, 2.24) is 4.90 Å². The van der Waals surface area contributed by atoms with Gasteiger partial charge in [-0.1, -0.05) is 60.7 Å². The van der Waals surface area contributed by atoms with Crippen LogP contribution in [0.15, 0.2) is 88.8 Å². The van der Waals surface area contributed by atoms with Crippen LogP contribution in [0.2, 0.25) is 0 Å². The van der Waals surface area contributed by atoms with Crippen molar-refractivity contribution in [2.24, 2.45) is 4.99 Å². The Morgan fingerprint density at radius 1 is 0.969 bits per heavy atom. The van der Waals surface area contributed by atoms with Gasteiger partial charge in [0.15, 0.2) is 16.7 Å². The Hall–Kier alpha value is -3.51. The van der Waals surface area contributed by atoms with Crippen LogP contribution in [-0.2, 0) is 11.3 Å². The fourth-order valence-corrected chi connectivity index (χ4v) is 4.35. The fourth-order valence-electron chi connectivity index (χ4n) is 3.36. The molecule has 0 aliphatic carbocycles. The van der Waals surface area contributed by atoms with Gasteiger partial charge in [-0.05, 0) is 48.5 Å². The molecule has 6 heteroatoms. The summed E-state index contributed by atoms with van der Waals surface area (Å²) in [6, 6.07) is 25.2. The zero-order chi connectivity index (χ0) is 22.3. The molecule has 0 saturated carbocycles. The summed E-state index contributed by atoms with van der Waals surface area (Å²) in [6.45, 7) is 2.87. The Morgan fingerprint density at radius 3 is 2.38 bits per heavy atom. The summed E-state index contributed by atoms with van der Waals surface area (Å²) in [5.41, 5.74) is 2.64. The van der Waals surface area contributed by atoms with Crippen LogP contribution >= 0.6 is 11.8 Å². The maximum atomic E-state index is 13.4. The number of amidine groups is 1. The summed E-state index contributed by atoms with van der Waals surface area (Å²) in [7, 11) is 1.61. The molecule has 1 fully saturated rings. The van der Waals surface area contributed by atoms with Crippen LogP contribution in [0.3, 0.4) is 0 Å². The third-order valence-corrected chi connectivity index (χ3v) is 5.86. The average molecular weight is 445 g/mol. The number of carbonyl (C=O) groups is 1. The van der Waals surface area contributed by atoms with Gasteiger partial charge < -0.3 is 9.47 Å². The van der Waals surface area contributed by atoms with E-state index in [2.05, 4.69) is 0 Å². The second-order valence-electron chi connectivity index (χ2n) is 7.03. The first-order valence-corrected chi connectivity index (χ1v) is 11.2. The second kappa shape index (κ2) is 10.2. The molecule has 3 aromatic rings. The van der Waals surface area contributed by atoms with Crippen molar-refractivity contribution in [1.29, 1.82) is 0 Å². The van der Waals surface area contributed by atoms with Crippen molar-refractivity contribution in [3.63, 3.8) is 0 Å². The van der Waals surface area contributed by atoms with Gasteiger partial charge in [0.25, 0.3) is 5.91 Å². The minimum atomic E-state index is -0.0844. The summed E-state index contributed by atoms with van der Waals surface area (Å²) in [5.74, 6) is 1.18. The van der Waals surface area contributed by atoms with E-state index in [0.717, 1.165) is 16.8 Å². The van der Waals surface area contributed by atoms with Crippen molar-refractivity contribution < 1.29 is 14.3 Å². The summed E-state index contributed by atoms with van der Waals surface area (Å²) < 4.78 is 11.3. The number of ether oxygens (including phenoxy) is 2. The van der Waals surface area contributed by atoms with Crippen LogP contribution in [0.25, 0.3) is 6.08 Å². The monoisotopic (exact) mass is 444 g/mol. The Morgan fingerprint density at radius 2 is 1.69 bits per heavy atom. The molecule has 1 amide bonds. The minimum absolute atomic E-state index is 0.0844. The Balaban J connectivity index is 1.73. The summed E-state index contributed by atoms with van der Waals surface area (Å²) in [4.78, 5) is 20.5. The molecule has 32 heavy (non-hydrogen) atoms. The van der Waals surface area contributed by atoms with E-state index in [0.29, 0.717) is 34.7 Å². The summed E-state index contributed by atoms with van der Waals surface area (Å²) >= 11 is 1.37. The van der Waals surface area contributed by atoms with Gasteiger partial charge in [-0.3, -0.25) is 9.69 Å². The number of hydrogen-bond donors (Lipinski definition) is 0. The number of amides is 1. The van der Waals surface area contributed by atoms with E-state index in [1.165, 1.54) is 11.8 Å². The van der Waals surface area contributed by atoms with Gasteiger partial charge in [0, 0.05) is 5.56 Å². The van der Waals surface area contributed by atoms with E-state index in [1.54, 1.807) is 12.0 Å². The van der Waals surface area contributed by atoms with Crippen molar-refractivity contribution in [3.05, 3.63) is 94.9 Å². The smallest absolute Gasteiger partial charge is 0.267 e. The van der Waals surface area contributed by atoms with Crippen LogP contribution in [0, 0.1) is 0 Å². The molecule has 1 saturated heterocycles. The highest BCUT2D eigenvalue weighted by Gasteiger charge is 2.33. The van der Waals surface area contributed by atoms with Gasteiger partial charge in [-0.25, -0.2) is 4.99 Å². The SMILES string of the molecule is CCOc1c(/C=C2/SC(=Nc3ccccc3)N(Cc3ccccc3)C2=O)cccc1OC. The van der Waals surface area contributed by atoms with Gasteiger partial charge in [0.1, 0.15) is 0 Å². The van der Waals surface area contributed by atoms with E-state index in [4.69, 9.17) is 14.5 Å². The second-order valence-corrected chi connectivity index (χ2v) is 8.04. The lowest BCUT2D eigenvalue weighted by atomic mass is 10.1. The third-order valence-electron chi connectivity index (χ3n) is 4.86. The summed E-state index contributed by atoms with van der Waals surface area (Å²) in [5, 5.41) is 0.650. The third kappa shape index (κ3) is 4.86. The number of para-hydroxylation sites is 2.